The molecule has 0 saturated heterocycles. The molecule has 1 N–H and O–H groups in total. The molecule has 0 bridgehead atoms. The standard InChI is InChI=1S/C14H21NO2/c1-3-15-10-17-14-9-12-7-5-4-6-11(12)8-13(14)16-2/h8-9,15H,3-7,10H2,1-2H3. The van der Waals surface area contributed by atoms with Crippen molar-refractivity contribution in [1.82, 2.24) is 5.32 Å². The molecule has 3 heteroatoms. The molecule has 2 rings (SSSR count). The van der Waals surface area contributed by atoms with Gasteiger partial charge in [-0.25, -0.2) is 0 Å². The highest BCUT2D eigenvalue weighted by atomic mass is 16.5. The SMILES string of the molecule is CCNCOc1cc2c(cc1OC)CCCC2. The number of aryl methyl sites for hydroxylation is 2. The van der Waals surface area contributed by atoms with Crippen molar-refractivity contribution in [3.63, 3.8) is 0 Å². The highest BCUT2D eigenvalue weighted by Crippen LogP contribution is 2.34. The predicted molar refractivity (Wildman–Crippen MR) is 68.8 cm³/mol. The average molecular weight is 235 g/mol. The van der Waals surface area contributed by atoms with Crippen LogP contribution in [0.1, 0.15) is 30.9 Å². The van der Waals surface area contributed by atoms with Gasteiger partial charge in [-0.2, -0.15) is 0 Å². The van der Waals surface area contributed by atoms with Gasteiger partial charge in [0.15, 0.2) is 11.5 Å². The fourth-order valence-electron chi connectivity index (χ4n) is 2.24. The van der Waals surface area contributed by atoms with E-state index in [9.17, 15) is 0 Å². The van der Waals surface area contributed by atoms with Crippen molar-refractivity contribution in [2.45, 2.75) is 32.6 Å². The Kier molecular flexibility index (Phi) is 4.26. The highest BCUT2D eigenvalue weighted by molar-refractivity contribution is 5.48. The van der Waals surface area contributed by atoms with Crippen LogP contribution in [0.3, 0.4) is 0 Å². The van der Waals surface area contributed by atoms with Crippen molar-refractivity contribution in [1.29, 1.82) is 0 Å². The molecule has 0 saturated carbocycles. The summed E-state index contributed by atoms with van der Waals surface area (Å²) in [6.45, 7) is 3.51. The number of fused-ring (bicyclic) bond motifs is 1. The van der Waals surface area contributed by atoms with Crippen molar-refractivity contribution < 1.29 is 9.47 Å². The molecule has 0 aromatic heterocycles. The first kappa shape index (κ1) is 12.2. The Morgan fingerprint density at radius 2 is 1.76 bits per heavy atom. The van der Waals surface area contributed by atoms with Gasteiger partial charge in [0.1, 0.15) is 6.73 Å². The van der Waals surface area contributed by atoms with E-state index in [1.54, 1.807) is 7.11 Å². The molecule has 94 valence electrons. The normalized spacial score (nSPS) is 14.2. The van der Waals surface area contributed by atoms with Crippen LogP contribution >= 0.6 is 0 Å². The Labute approximate surface area is 103 Å². The molecule has 0 heterocycles. The van der Waals surface area contributed by atoms with Crippen LogP contribution in [0.4, 0.5) is 0 Å². The minimum atomic E-state index is 0.533. The summed E-state index contributed by atoms with van der Waals surface area (Å²) < 4.78 is 11.1. The number of nitrogens with one attached hydrogen (secondary N) is 1. The maximum Gasteiger partial charge on any atom is 0.163 e. The molecule has 0 unspecified atom stereocenters. The first-order chi connectivity index (χ1) is 8.35. The van der Waals surface area contributed by atoms with Crippen LogP contribution in [-0.2, 0) is 12.8 Å². The van der Waals surface area contributed by atoms with E-state index in [1.165, 1.54) is 30.4 Å². The topological polar surface area (TPSA) is 30.5 Å². The van der Waals surface area contributed by atoms with Gasteiger partial charge in [-0.05, 0) is 55.5 Å². The van der Waals surface area contributed by atoms with Crippen molar-refractivity contribution >= 4 is 0 Å². The number of methoxy groups -OCH3 is 1. The maximum atomic E-state index is 5.70. The summed E-state index contributed by atoms with van der Waals surface area (Å²) in [6.07, 6.45) is 4.90. The third-order valence-corrected chi connectivity index (χ3v) is 3.21. The van der Waals surface area contributed by atoms with Crippen molar-refractivity contribution in [2.24, 2.45) is 0 Å². The van der Waals surface area contributed by atoms with Crippen LogP contribution in [0.15, 0.2) is 12.1 Å². The average Bonchev–Trinajstić information content (AvgIpc) is 2.38. The second-order valence-corrected chi connectivity index (χ2v) is 4.37. The summed E-state index contributed by atoms with van der Waals surface area (Å²) in [5, 5.41) is 3.15. The van der Waals surface area contributed by atoms with Crippen molar-refractivity contribution in [2.75, 3.05) is 20.4 Å². The van der Waals surface area contributed by atoms with Crippen LogP contribution in [0, 0.1) is 0 Å². The molecule has 0 fully saturated rings. The summed E-state index contributed by atoms with van der Waals surface area (Å²) in [5.74, 6) is 1.71. The van der Waals surface area contributed by atoms with E-state index in [-0.39, 0.29) is 0 Å². The van der Waals surface area contributed by atoms with Crippen LogP contribution in [0.2, 0.25) is 0 Å². The molecule has 1 aliphatic carbocycles. The fourth-order valence-corrected chi connectivity index (χ4v) is 2.24. The summed E-state index contributed by atoms with van der Waals surface area (Å²) in [6, 6.07) is 4.28. The summed E-state index contributed by atoms with van der Waals surface area (Å²) >= 11 is 0. The van der Waals surface area contributed by atoms with E-state index in [4.69, 9.17) is 9.47 Å². The van der Waals surface area contributed by atoms with Crippen molar-refractivity contribution in [3.8, 4) is 11.5 Å². The quantitative estimate of drug-likeness (QED) is 0.628. The number of hydrogen-bond donors (Lipinski definition) is 1. The number of hydrogen-bond acceptors (Lipinski definition) is 3. The molecule has 1 aliphatic rings. The minimum absolute atomic E-state index is 0.533. The van der Waals surface area contributed by atoms with E-state index in [0.717, 1.165) is 24.5 Å². The van der Waals surface area contributed by atoms with E-state index in [2.05, 4.69) is 24.4 Å². The van der Waals surface area contributed by atoms with Gasteiger partial charge in [-0.1, -0.05) is 6.92 Å². The first-order valence-corrected chi connectivity index (χ1v) is 6.38. The van der Waals surface area contributed by atoms with E-state index in [0.29, 0.717) is 6.73 Å². The molecular formula is C14H21NO2. The second kappa shape index (κ2) is 5.92. The lowest BCUT2D eigenvalue weighted by molar-refractivity contribution is 0.269. The van der Waals surface area contributed by atoms with E-state index < -0.39 is 0 Å². The molecule has 1 aromatic rings. The van der Waals surface area contributed by atoms with E-state index >= 15 is 0 Å². The molecule has 0 amide bonds. The Bertz CT molecular complexity index is 377. The van der Waals surface area contributed by atoms with Gasteiger partial charge in [-0.3, -0.25) is 5.32 Å². The molecule has 0 aliphatic heterocycles. The molecule has 0 spiro atoms. The molecule has 3 nitrogen and oxygen atoms in total. The lowest BCUT2D eigenvalue weighted by Gasteiger charge is -2.19. The molecule has 1 aromatic carbocycles. The Morgan fingerprint density at radius 1 is 1.12 bits per heavy atom. The smallest absolute Gasteiger partial charge is 0.163 e. The van der Waals surface area contributed by atoms with Crippen LogP contribution in [-0.4, -0.2) is 20.4 Å². The lowest BCUT2D eigenvalue weighted by atomic mass is 9.91. The zero-order valence-electron chi connectivity index (χ0n) is 10.7. The second-order valence-electron chi connectivity index (χ2n) is 4.37. The molecular weight excluding hydrogens is 214 g/mol. The Balaban J connectivity index is 2.17. The number of benzene rings is 1. The van der Waals surface area contributed by atoms with E-state index in [1.807, 2.05) is 0 Å². The Morgan fingerprint density at radius 3 is 2.35 bits per heavy atom. The van der Waals surface area contributed by atoms with Gasteiger partial charge in [0.05, 0.1) is 7.11 Å². The predicted octanol–water partition coefficient (Wildman–Crippen LogP) is 2.52. The van der Waals surface area contributed by atoms with Gasteiger partial charge >= 0.3 is 0 Å². The van der Waals surface area contributed by atoms with Gasteiger partial charge in [0.2, 0.25) is 0 Å². The summed E-state index contributed by atoms with van der Waals surface area (Å²) in [7, 11) is 1.70. The highest BCUT2D eigenvalue weighted by Gasteiger charge is 2.14. The zero-order chi connectivity index (χ0) is 12.1. The van der Waals surface area contributed by atoms with Crippen LogP contribution in [0.5, 0.6) is 11.5 Å². The third kappa shape index (κ3) is 2.91. The molecule has 0 atom stereocenters. The lowest BCUT2D eigenvalue weighted by Crippen LogP contribution is -2.19. The number of ether oxygens (including phenoxy) is 2. The monoisotopic (exact) mass is 235 g/mol. The van der Waals surface area contributed by atoms with Crippen LogP contribution in [0.25, 0.3) is 0 Å². The third-order valence-electron chi connectivity index (χ3n) is 3.21. The fraction of sp³-hybridized carbons (Fsp3) is 0.571. The molecule has 17 heavy (non-hydrogen) atoms. The molecule has 0 radical (unpaired) electrons. The first-order valence-electron chi connectivity index (χ1n) is 6.38. The van der Waals surface area contributed by atoms with Crippen LogP contribution < -0.4 is 14.8 Å². The van der Waals surface area contributed by atoms with Gasteiger partial charge in [0.25, 0.3) is 0 Å². The Hall–Kier alpha value is -1.22. The van der Waals surface area contributed by atoms with Crippen molar-refractivity contribution in [3.05, 3.63) is 23.3 Å². The summed E-state index contributed by atoms with van der Waals surface area (Å²) in [4.78, 5) is 0. The largest absolute Gasteiger partial charge is 0.493 e. The number of rotatable bonds is 5. The van der Waals surface area contributed by atoms with Gasteiger partial charge < -0.3 is 9.47 Å². The van der Waals surface area contributed by atoms with Gasteiger partial charge in [-0.15, -0.1) is 0 Å². The summed E-state index contributed by atoms with van der Waals surface area (Å²) in [5.41, 5.74) is 2.84. The zero-order valence-corrected chi connectivity index (χ0v) is 10.7. The maximum absolute atomic E-state index is 5.70. The minimum Gasteiger partial charge on any atom is -0.493 e. The van der Waals surface area contributed by atoms with Gasteiger partial charge in [0, 0.05) is 0 Å².